The maximum absolute atomic E-state index is 10.5. The van der Waals surface area contributed by atoms with E-state index in [1.54, 1.807) is 0 Å². The van der Waals surface area contributed by atoms with Gasteiger partial charge in [-0.05, 0) is 31.6 Å². The van der Waals surface area contributed by atoms with E-state index < -0.39 is 5.60 Å². The molecule has 2 aliphatic rings. The fourth-order valence-electron chi connectivity index (χ4n) is 3.50. The van der Waals surface area contributed by atoms with Gasteiger partial charge in [0, 0.05) is 5.41 Å². The first-order valence-electron chi connectivity index (χ1n) is 5.49. The molecule has 0 spiro atoms. The van der Waals surface area contributed by atoms with Crippen molar-refractivity contribution in [3.05, 3.63) is 0 Å². The Kier molecular flexibility index (Phi) is 2.11. The van der Waals surface area contributed by atoms with Crippen LogP contribution >= 0.6 is 0 Å². The standard InChI is InChI=1S/C11H20N2O/c1-10(2)6-8-4-3-5-11(14,7-8)9(10)13-12/h8,14H,3-7,12H2,1-2H3/b13-9+/t8-,11+/m1/s1. The zero-order chi connectivity index (χ0) is 10.4. The van der Waals surface area contributed by atoms with E-state index in [0.717, 1.165) is 31.4 Å². The summed E-state index contributed by atoms with van der Waals surface area (Å²) in [6, 6.07) is 0. The van der Waals surface area contributed by atoms with Gasteiger partial charge in [0.05, 0.1) is 5.71 Å². The van der Waals surface area contributed by atoms with Crippen molar-refractivity contribution in [3.63, 3.8) is 0 Å². The highest BCUT2D eigenvalue weighted by Crippen LogP contribution is 2.48. The van der Waals surface area contributed by atoms with Crippen molar-refractivity contribution in [1.82, 2.24) is 0 Å². The first-order chi connectivity index (χ1) is 6.48. The summed E-state index contributed by atoms with van der Waals surface area (Å²) >= 11 is 0. The second-order valence-corrected chi connectivity index (χ2v) is 5.56. The summed E-state index contributed by atoms with van der Waals surface area (Å²) in [4.78, 5) is 0. The molecule has 0 aromatic rings. The second kappa shape index (κ2) is 2.96. The maximum atomic E-state index is 10.5. The largest absolute Gasteiger partial charge is 0.384 e. The normalized spacial score (nSPS) is 43.9. The molecule has 2 fully saturated rings. The minimum absolute atomic E-state index is 0.0210. The van der Waals surface area contributed by atoms with Crippen molar-refractivity contribution in [2.75, 3.05) is 0 Å². The summed E-state index contributed by atoms with van der Waals surface area (Å²) in [7, 11) is 0. The molecule has 3 nitrogen and oxygen atoms in total. The third-order valence-corrected chi connectivity index (χ3v) is 3.84. The highest BCUT2D eigenvalue weighted by Gasteiger charge is 2.50. The number of hydrogen-bond acceptors (Lipinski definition) is 3. The fraction of sp³-hybridized carbons (Fsp3) is 0.909. The third kappa shape index (κ3) is 1.34. The number of fused-ring (bicyclic) bond motifs is 2. The molecule has 0 aromatic heterocycles. The van der Waals surface area contributed by atoms with Crippen LogP contribution in [0.15, 0.2) is 5.10 Å². The van der Waals surface area contributed by atoms with Crippen molar-refractivity contribution < 1.29 is 5.11 Å². The number of rotatable bonds is 0. The lowest BCUT2D eigenvalue weighted by molar-refractivity contribution is 0.00948. The lowest BCUT2D eigenvalue weighted by Gasteiger charge is -2.49. The monoisotopic (exact) mass is 196 g/mol. The Labute approximate surface area is 85.4 Å². The smallest absolute Gasteiger partial charge is 0.105 e. The Morgan fingerprint density at radius 2 is 2.14 bits per heavy atom. The lowest BCUT2D eigenvalue weighted by atomic mass is 9.59. The summed E-state index contributed by atoms with van der Waals surface area (Å²) < 4.78 is 0. The van der Waals surface area contributed by atoms with Crippen molar-refractivity contribution in [3.8, 4) is 0 Å². The number of nitrogens with zero attached hydrogens (tertiary/aromatic N) is 1. The molecule has 0 radical (unpaired) electrons. The second-order valence-electron chi connectivity index (χ2n) is 5.56. The molecule has 0 unspecified atom stereocenters. The van der Waals surface area contributed by atoms with Crippen LogP contribution in [0.1, 0.15) is 46.0 Å². The van der Waals surface area contributed by atoms with Gasteiger partial charge in [0.2, 0.25) is 0 Å². The van der Waals surface area contributed by atoms with Gasteiger partial charge in [-0.15, -0.1) is 0 Å². The predicted molar refractivity (Wildman–Crippen MR) is 56.9 cm³/mol. The first-order valence-corrected chi connectivity index (χ1v) is 5.49. The van der Waals surface area contributed by atoms with E-state index in [0.29, 0.717) is 5.92 Å². The summed E-state index contributed by atoms with van der Waals surface area (Å²) in [6.45, 7) is 4.28. The van der Waals surface area contributed by atoms with Crippen molar-refractivity contribution in [1.29, 1.82) is 0 Å². The molecule has 0 aliphatic heterocycles. The number of aliphatic hydroxyl groups is 1. The molecule has 2 aliphatic carbocycles. The molecule has 14 heavy (non-hydrogen) atoms. The third-order valence-electron chi connectivity index (χ3n) is 3.84. The summed E-state index contributed by atoms with van der Waals surface area (Å²) in [5.74, 6) is 6.09. The van der Waals surface area contributed by atoms with E-state index in [1.165, 1.54) is 6.42 Å². The number of hydrogen-bond donors (Lipinski definition) is 2. The van der Waals surface area contributed by atoms with Crippen LogP contribution < -0.4 is 5.84 Å². The summed E-state index contributed by atoms with van der Waals surface area (Å²) in [5, 5.41) is 14.3. The molecule has 3 heteroatoms. The number of hydrazone groups is 1. The van der Waals surface area contributed by atoms with Gasteiger partial charge >= 0.3 is 0 Å². The quantitative estimate of drug-likeness (QED) is 0.457. The van der Waals surface area contributed by atoms with Gasteiger partial charge in [-0.3, -0.25) is 0 Å². The zero-order valence-corrected chi connectivity index (χ0v) is 9.08. The molecule has 2 saturated carbocycles. The molecule has 2 rings (SSSR count). The highest BCUT2D eigenvalue weighted by molar-refractivity contribution is 5.97. The van der Waals surface area contributed by atoms with Gasteiger partial charge < -0.3 is 10.9 Å². The summed E-state index contributed by atoms with van der Waals surface area (Å²) in [5.41, 5.74) is 0.104. The highest BCUT2D eigenvalue weighted by atomic mass is 16.3. The van der Waals surface area contributed by atoms with E-state index in [9.17, 15) is 5.11 Å². The molecule has 0 saturated heterocycles. The van der Waals surface area contributed by atoms with Crippen LogP contribution in [-0.4, -0.2) is 16.4 Å². The Morgan fingerprint density at radius 1 is 1.43 bits per heavy atom. The maximum Gasteiger partial charge on any atom is 0.105 e. The van der Waals surface area contributed by atoms with Gasteiger partial charge in [-0.2, -0.15) is 5.10 Å². The van der Waals surface area contributed by atoms with E-state index in [1.807, 2.05) is 0 Å². The van der Waals surface area contributed by atoms with Crippen LogP contribution in [-0.2, 0) is 0 Å². The van der Waals surface area contributed by atoms with Crippen LogP contribution in [0, 0.1) is 11.3 Å². The number of nitrogens with two attached hydrogens (primary N) is 1. The molecular formula is C11H20N2O. The summed E-state index contributed by atoms with van der Waals surface area (Å²) in [6.07, 6.45) is 5.18. The molecule has 0 aromatic carbocycles. The van der Waals surface area contributed by atoms with E-state index >= 15 is 0 Å². The molecular weight excluding hydrogens is 176 g/mol. The van der Waals surface area contributed by atoms with Crippen LogP contribution in [0.5, 0.6) is 0 Å². The van der Waals surface area contributed by atoms with Gasteiger partial charge in [-0.25, -0.2) is 0 Å². The average Bonchev–Trinajstić information content (AvgIpc) is 2.00. The Morgan fingerprint density at radius 3 is 2.79 bits per heavy atom. The zero-order valence-electron chi connectivity index (χ0n) is 9.08. The van der Waals surface area contributed by atoms with Gasteiger partial charge in [0.15, 0.2) is 0 Å². The van der Waals surface area contributed by atoms with Crippen LogP contribution in [0.4, 0.5) is 0 Å². The lowest BCUT2D eigenvalue weighted by Crippen LogP contribution is -2.55. The van der Waals surface area contributed by atoms with Crippen LogP contribution in [0.2, 0.25) is 0 Å². The van der Waals surface area contributed by atoms with Crippen LogP contribution in [0.3, 0.4) is 0 Å². The average molecular weight is 196 g/mol. The first kappa shape index (κ1) is 9.97. The molecule has 0 heterocycles. The predicted octanol–water partition coefficient (Wildman–Crippen LogP) is 1.65. The van der Waals surface area contributed by atoms with E-state index in [4.69, 9.17) is 5.84 Å². The Bertz CT molecular complexity index is 270. The minimum atomic E-state index is -0.695. The van der Waals surface area contributed by atoms with Gasteiger partial charge in [0.1, 0.15) is 5.60 Å². The Hall–Kier alpha value is -0.570. The van der Waals surface area contributed by atoms with Gasteiger partial charge in [-0.1, -0.05) is 20.3 Å². The minimum Gasteiger partial charge on any atom is -0.384 e. The van der Waals surface area contributed by atoms with Crippen molar-refractivity contribution in [2.45, 2.75) is 51.6 Å². The van der Waals surface area contributed by atoms with Gasteiger partial charge in [0.25, 0.3) is 0 Å². The van der Waals surface area contributed by atoms with Crippen molar-refractivity contribution >= 4 is 5.71 Å². The Balaban J connectivity index is 2.37. The molecule has 2 bridgehead atoms. The SMILES string of the molecule is CC1(C)C[C@H]2CCC[C@](O)(C2)/C1=N/N. The van der Waals surface area contributed by atoms with E-state index in [2.05, 4.69) is 18.9 Å². The molecule has 0 amide bonds. The van der Waals surface area contributed by atoms with Crippen LogP contribution in [0.25, 0.3) is 0 Å². The fourth-order valence-corrected chi connectivity index (χ4v) is 3.50. The topological polar surface area (TPSA) is 58.6 Å². The molecule has 2 atom stereocenters. The van der Waals surface area contributed by atoms with Crippen molar-refractivity contribution in [2.24, 2.45) is 22.3 Å². The molecule has 3 N–H and O–H groups in total. The van der Waals surface area contributed by atoms with E-state index in [-0.39, 0.29) is 5.41 Å². The molecule has 80 valence electrons.